The molecule has 2 aromatic carbocycles. The van der Waals surface area contributed by atoms with E-state index in [1.165, 1.54) is 0 Å². The average Bonchev–Trinajstić information content (AvgIpc) is 2.93. The fourth-order valence-electron chi connectivity index (χ4n) is 4.95. The Morgan fingerprint density at radius 3 is 2.17 bits per heavy atom. The number of primary amides is 1. The van der Waals surface area contributed by atoms with Gasteiger partial charge < -0.3 is 25.8 Å². The van der Waals surface area contributed by atoms with Crippen LogP contribution in [-0.2, 0) is 16.1 Å². The molecule has 3 amide bonds. The van der Waals surface area contributed by atoms with Crippen molar-refractivity contribution in [1.82, 2.24) is 15.6 Å². The van der Waals surface area contributed by atoms with Crippen LogP contribution in [0.2, 0.25) is 0 Å². The lowest BCUT2D eigenvalue weighted by Crippen LogP contribution is -2.37. The van der Waals surface area contributed by atoms with Crippen LogP contribution in [-0.4, -0.2) is 41.8 Å². The summed E-state index contributed by atoms with van der Waals surface area (Å²) in [5, 5.41) is 6.83. The Hall–Kier alpha value is -4.14. The zero-order valence-corrected chi connectivity index (χ0v) is 23.4. The monoisotopic (exact) mass is 546 g/mol. The average molecular weight is 547 g/mol. The van der Waals surface area contributed by atoms with Crippen LogP contribution in [0, 0.1) is 11.8 Å². The normalized spacial score (nSPS) is 17.2. The van der Waals surface area contributed by atoms with Crippen molar-refractivity contribution in [3.63, 3.8) is 0 Å². The van der Waals surface area contributed by atoms with Crippen molar-refractivity contribution in [2.75, 3.05) is 13.1 Å². The number of nitrogens with two attached hydrogens (primary N) is 1. The Morgan fingerprint density at radius 2 is 1.55 bits per heavy atom. The van der Waals surface area contributed by atoms with Gasteiger partial charge in [0.2, 0.25) is 0 Å². The quantitative estimate of drug-likeness (QED) is 0.339. The summed E-state index contributed by atoms with van der Waals surface area (Å²) in [5.41, 5.74) is 8.20. The van der Waals surface area contributed by atoms with Gasteiger partial charge in [-0.25, -0.2) is 14.6 Å². The first-order valence-corrected chi connectivity index (χ1v) is 13.7. The summed E-state index contributed by atoms with van der Waals surface area (Å²) in [4.78, 5) is 41.0. The Bertz CT molecular complexity index is 1340. The number of rotatable bonds is 8. The molecule has 0 bridgehead atoms. The number of carbonyl (C=O) groups excluding carboxylic acids is 3. The molecule has 4 N–H and O–H groups in total. The Balaban J connectivity index is 1.36. The fraction of sp³-hybridized carbons (Fsp3) is 0.419. The van der Waals surface area contributed by atoms with Crippen LogP contribution in [0.4, 0.5) is 9.59 Å². The maximum atomic E-state index is 13.4. The van der Waals surface area contributed by atoms with Crippen LogP contribution in [0.1, 0.15) is 62.4 Å². The highest BCUT2D eigenvalue weighted by atomic mass is 16.6. The number of fused-ring (bicyclic) bond motifs is 1. The molecular weight excluding hydrogens is 508 g/mol. The summed E-state index contributed by atoms with van der Waals surface area (Å²) >= 11 is 0. The minimum absolute atomic E-state index is 0.0938. The lowest BCUT2D eigenvalue weighted by molar-refractivity contribution is 0.0512. The maximum Gasteiger partial charge on any atom is 0.407 e. The van der Waals surface area contributed by atoms with E-state index < -0.39 is 11.7 Å². The van der Waals surface area contributed by atoms with Gasteiger partial charge in [0.1, 0.15) is 12.2 Å². The second kappa shape index (κ2) is 12.8. The number of aromatic nitrogens is 1. The van der Waals surface area contributed by atoms with E-state index in [9.17, 15) is 14.4 Å². The molecule has 4 rings (SSSR count). The van der Waals surface area contributed by atoms with E-state index in [1.54, 1.807) is 0 Å². The number of nitrogens with one attached hydrogen (secondary N) is 2. The Kier molecular flexibility index (Phi) is 9.24. The maximum absolute atomic E-state index is 13.4. The number of hydrogen-bond acceptors (Lipinski definition) is 6. The standard InChI is InChI=1S/C31H38N4O5/c1-31(2,3)40-30(38)34-18-21-10-8-20(9-11-21)17-33-28(36)25-16-27(35-26-7-5-4-6-24(25)26)23-14-12-22(13-15-23)19-39-29(32)37/h4-7,12-16,20-21H,8-11,17-19H2,1-3H3,(H2,32,37)(H,33,36)(H,34,38). The second-order valence-electron chi connectivity index (χ2n) is 11.4. The van der Waals surface area contributed by atoms with Gasteiger partial charge in [0.15, 0.2) is 0 Å². The molecule has 212 valence electrons. The van der Waals surface area contributed by atoms with E-state index >= 15 is 0 Å². The van der Waals surface area contributed by atoms with Crippen molar-refractivity contribution in [2.45, 2.75) is 58.7 Å². The Labute approximate surface area is 234 Å². The third-order valence-corrected chi connectivity index (χ3v) is 7.04. The zero-order chi connectivity index (χ0) is 28.7. The van der Waals surface area contributed by atoms with Gasteiger partial charge >= 0.3 is 12.2 Å². The third kappa shape index (κ3) is 8.18. The van der Waals surface area contributed by atoms with Crippen molar-refractivity contribution in [1.29, 1.82) is 0 Å². The fourth-order valence-corrected chi connectivity index (χ4v) is 4.95. The smallest absolute Gasteiger partial charge is 0.407 e. The van der Waals surface area contributed by atoms with Crippen molar-refractivity contribution >= 4 is 29.0 Å². The summed E-state index contributed by atoms with van der Waals surface area (Å²) in [5.74, 6) is 0.685. The summed E-state index contributed by atoms with van der Waals surface area (Å²) in [6.45, 7) is 6.86. The first-order chi connectivity index (χ1) is 19.1. The van der Waals surface area contributed by atoms with E-state index in [0.29, 0.717) is 36.2 Å². The number of para-hydroxylation sites is 1. The highest BCUT2D eigenvalue weighted by Gasteiger charge is 2.24. The van der Waals surface area contributed by atoms with E-state index in [2.05, 4.69) is 10.6 Å². The van der Waals surface area contributed by atoms with Gasteiger partial charge in [-0.3, -0.25) is 4.79 Å². The van der Waals surface area contributed by atoms with Gasteiger partial charge in [-0.1, -0.05) is 42.5 Å². The third-order valence-electron chi connectivity index (χ3n) is 7.04. The largest absolute Gasteiger partial charge is 0.445 e. The van der Waals surface area contributed by atoms with Crippen molar-refractivity contribution in [3.05, 3.63) is 65.7 Å². The van der Waals surface area contributed by atoms with Crippen LogP contribution >= 0.6 is 0 Å². The van der Waals surface area contributed by atoms with Crippen LogP contribution in [0.5, 0.6) is 0 Å². The molecule has 1 aromatic heterocycles. The zero-order valence-electron chi connectivity index (χ0n) is 23.4. The van der Waals surface area contributed by atoms with E-state index in [4.69, 9.17) is 20.2 Å². The second-order valence-corrected chi connectivity index (χ2v) is 11.4. The van der Waals surface area contributed by atoms with E-state index in [-0.39, 0.29) is 18.6 Å². The van der Waals surface area contributed by atoms with Crippen LogP contribution in [0.3, 0.4) is 0 Å². The molecule has 0 radical (unpaired) electrons. The van der Waals surface area contributed by atoms with E-state index in [1.807, 2.05) is 75.4 Å². The van der Waals surface area contributed by atoms with Gasteiger partial charge in [0, 0.05) is 24.0 Å². The number of ether oxygens (including phenoxy) is 2. The SMILES string of the molecule is CC(C)(C)OC(=O)NCC1CCC(CNC(=O)c2cc(-c3ccc(COC(N)=O)cc3)nc3ccccc23)CC1. The molecule has 0 unspecified atom stereocenters. The first kappa shape index (κ1) is 28.9. The molecule has 0 spiro atoms. The van der Waals surface area contributed by atoms with Gasteiger partial charge in [-0.2, -0.15) is 0 Å². The number of carbonyl (C=O) groups is 3. The van der Waals surface area contributed by atoms with Gasteiger partial charge in [-0.15, -0.1) is 0 Å². The molecule has 1 fully saturated rings. The van der Waals surface area contributed by atoms with Gasteiger partial charge in [0.25, 0.3) is 5.91 Å². The summed E-state index contributed by atoms with van der Waals surface area (Å²) < 4.78 is 10.2. The molecule has 3 aromatic rings. The van der Waals surface area contributed by atoms with Gasteiger partial charge in [0.05, 0.1) is 16.8 Å². The van der Waals surface area contributed by atoms with Crippen molar-refractivity contribution in [2.24, 2.45) is 17.6 Å². The number of nitrogens with zero attached hydrogens (tertiary/aromatic N) is 1. The minimum atomic E-state index is -0.820. The lowest BCUT2D eigenvalue weighted by Gasteiger charge is -2.29. The highest BCUT2D eigenvalue weighted by Crippen LogP contribution is 2.29. The van der Waals surface area contributed by atoms with Crippen molar-refractivity contribution in [3.8, 4) is 11.3 Å². The Morgan fingerprint density at radius 1 is 0.925 bits per heavy atom. The van der Waals surface area contributed by atoms with E-state index in [0.717, 1.165) is 47.7 Å². The number of alkyl carbamates (subject to hydrolysis) is 1. The number of pyridine rings is 1. The number of amides is 3. The van der Waals surface area contributed by atoms with Crippen molar-refractivity contribution < 1.29 is 23.9 Å². The molecule has 0 atom stereocenters. The first-order valence-electron chi connectivity index (χ1n) is 13.7. The summed E-state index contributed by atoms with van der Waals surface area (Å²) in [6, 6.07) is 16.9. The highest BCUT2D eigenvalue weighted by molar-refractivity contribution is 6.07. The summed E-state index contributed by atoms with van der Waals surface area (Å²) in [6.07, 6.45) is 2.79. The molecule has 0 saturated heterocycles. The topological polar surface area (TPSA) is 133 Å². The molecular formula is C31H38N4O5. The molecule has 9 heteroatoms. The molecule has 1 saturated carbocycles. The van der Waals surface area contributed by atoms with Gasteiger partial charge in [-0.05, 0) is 76.0 Å². The summed E-state index contributed by atoms with van der Waals surface area (Å²) in [7, 11) is 0. The molecule has 1 heterocycles. The van der Waals surface area contributed by atoms with Crippen LogP contribution in [0.25, 0.3) is 22.2 Å². The lowest BCUT2D eigenvalue weighted by atomic mass is 9.82. The minimum Gasteiger partial charge on any atom is -0.445 e. The van der Waals surface area contributed by atoms with Crippen LogP contribution in [0.15, 0.2) is 54.6 Å². The number of benzene rings is 2. The number of hydrogen-bond donors (Lipinski definition) is 3. The predicted octanol–water partition coefficient (Wildman–Crippen LogP) is 5.56. The predicted molar refractivity (Wildman–Crippen MR) is 154 cm³/mol. The molecule has 40 heavy (non-hydrogen) atoms. The molecule has 1 aliphatic rings. The molecule has 9 nitrogen and oxygen atoms in total. The van der Waals surface area contributed by atoms with Crippen LogP contribution < -0.4 is 16.4 Å². The molecule has 1 aliphatic carbocycles. The molecule has 0 aliphatic heterocycles.